The van der Waals surface area contributed by atoms with Crippen molar-refractivity contribution in [3.63, 3.8) is 0 Å². The summed E-state index contributed by atoms with van der Waals surface area (Å²) in [4.78, 5) is 20.7. The summed E-state index contributed by atoms with van der Waals surface area (Å²) in [6.07, 6.45) is 7.65. The van der Waals surface area contributed by atoms with Gasteiger partial charge in [0.15, 0.2) is 0 Å². The topological polar surface area (TPSA) is 81.9 Å². The molecule has 1 saturated heterocycles. The Morgan fingerprint density at radius 3 is 3.05 bits per heavy atom. The fourth-order valence-corrected chi connectivity index (χ4v) is 2.34. The van der Waals surface area contributed by atoms with Crippen molar-refractivity contribution in [2.75, 3.05) is 13.2 Å². The third-order valence-electron chi connectivity index (χ3n) is 3.48. The Balaban J connectivity index is 1.72. The second-order valence-electron chi connectivity index (χ2n) is 5.03. The number of nitrogens with one attached hydrogen (secondary N) is 1. The number of hydrogen-bond donors (Lipinski definition) is 1. The first-order valence-electron chi connectivity index (χ1n) is 6.88. The standard InChI is InChI=1S/C14H17N5O2/c1-19-8-11(6-18-19)13-12(15-3-4-16-13)7-17-14(20)10-2-5-21-9-10/h3-4,6,8,10H,2,5,7,9H2,1H3,(H,17,20)/t10-/m0/s1. The lowest BCUT2D eigenvalue weighted by molar-refractivity contribution is -0.125. The van der Waals surface area contributed by atoms with Crippen LogP contribution in [0, 0.1) is 5.92 Å². The van der Waals surface area contributed by atoms with Crippen LogP contribution in [0.4, 0.5) is 0 Å². The Bertz CT molecular complexity index is 634. The summed E-state index contributed by atoms with van der Waals surface area (Å²) in [5, 5.41) is 7.05. The highest BCUT2D eigenvalue weighted by atomic mass is 16.5. The molecule has 21 heavy (non-hydrogen) atoms. The summed E-state index contributed by atoms with van der Waals surface area (Å²) >= 11 is 0. The zero-order valence-corrected chi connectivity index (χ0v) is 11.8. The van der Waals surface area contributed by atoms with Gasteiger partial charge in [0.05, 0.1) is 36.7 Å². The molecule has 0 unspecified atom stereocenters. The predicted molar refractivity (Wildman–Crippen MR) is 75.0 cm³/mol. The maximum Gasteiger partial charge on any atom is 0.225 e. The van der Waals surface area contributed by atoms with E-state index >= 15 is 0 Å². The molecule has 1 aliphatic heterocycles. The van der Waals surface area contributed by atoms with Gasteiger partial charge in [-0.2, -0.15) is 5.10 Å². The molecule has 1 N–H and O–H groups in total. The second-order valence-corrected chi connectivity index (χ2v) is 5.03. The third kappa shape index (κ3) is 3.08. The minimum atomic E-state index is -0.0523. The van der Waals surface area contributed by atoms with Crippen molar-refractivity contribution in [1.82, 2.24) is 25.1 Å². The van der Waals surface area contributed by atoms with Crippen molar-refractivity contribution in [3.05, 3.63) is 30.5 Å². The molecule has 0 radical (unpaired) electrons. The number of carbonyl (C=O) groups is 1. The van der Waals surface area contributed by atoms with Gasteiger partial charge < -0.3 is 10.1 Å². The highest BCUT2D eigenvalue weighted by molar-refractivity contribution is 5.79. The fraction of sp³-hybridized carbons (Fsp3) is 0.429. The maximum absolute atomic E-state index is 12.0. The van der Waals surface area contributed by atoms with Crippen LogP contribution in [0.2, 0.25) is 0 Å². The van der Waals surface area contributed by atoms with E-state index in [0.717, 1.165) is 23.4 Å². The summed E-state index contributed by atoms with van der Waals surface area (Å²) in [5.74, 6) is -0.0428. The van der Waals surface area contributed by atoms with Gasteiger partial charge in [0.25, 0.3) is 0 Å². The number of rotatable bonds is 4. The van der Waals surface area contributed by atoms with Gasteiger partial charge in [0.1, 0.15) is 0 Å². The minimum absolute atomic E-state index is 0.00953. The summed E-state index contributed by atoms with van der Waals surface area (Å²) < 4.78 is 6.94. The van der Waals surface area contributed by atoms with Crippen LogP contribution < -0.4 is 5.32 Å². The van der Waals surface area contributed by atoms with Crippen LogP contribution in [-0.2, 0) is 23.1 Å². The van der Waals surface area contributed by atoms with Crippen LogP contribution in [0.1, 0.15) is 12.1 Å². The van der Waals surface area contributed by atoms with E-state index in [-0.39, 0.29) is 11.8 Å². The van der Waals surface area contributed by atoms with E-state index in [1.54, 1.807) is 23.3 Å². The van der Waals surface area contributed by atoms with Gasteiger partial charge >= 0.3 is 0 Å². The van der Waals surface area contributed by atoms with Crippen LogP contribution in [0.5, 0.6) is 0 Å². The number of nitrogens with zero attached hydrogens (tertiary/aromatic N) is 4. The number of ether oxygens (including phenoxy) is 1. The molecule has 0 aliphatic carbocycles. The highest BCUT2D eigenvalue weighted by Gasteiger charge is 2.23. The highest BCUT2D eigenvalue weighted by Crippen LogP contribution is 2.19. The lowest BCUT2D eigenvalue weighted by Gasteiger charge is -2.10. The zero-order chi connectivity index (χ0) is 14.7. The molecule has 7 nitrogen and oxygen atoms in total. The molecular weight excluding hydrogens is 270 g/mol. The van der Waals surface area contributed by atoms with Gasteiger partial charge in [0.2, 0.25) is 5.91 Å². The molecule has 3 heterocycles. The van der Waals surface area contributed by atoms with Crippen molar-refractivity contribution in [2.24, 2.45) is 13.0 Å². The van der Waals surface area contributed by atoms with E-state index in [1.807, 2.05) is 13.2 Å². The summed E-state index contributed by atoms with van der Waals surface area (Å²) in [5.41, 5.74) is 2.37. The average Bonchev–Trinajstić information content (AvgIpc) is 3.16. The SMILES string of the molecule is Cn1cc(-c2nccnc2CNC(=O)[C@H]2CCOC2)cn1. The summed E-state index contributed by atoms with van der Waals surface area (Å²) in [7, 11) is 1.85. The van der Waals surface area contributed by atoms with Crippen LogP contribution >= 0.6 is 0 Å². The van der Waals surface area contributed by atoms with Crippen molar-refractivity contribution in [3.8, 4) is 11.3 Å². The smallest absolute Gasteiger partial charge is 0.225 e. The van der Waals surface area contributed by atoms with E-state index in [2.05, 4.69) is 20.4 Å². The van der Waals surface area contributed by atoms with Crippen molar-refractivity contribution < 1.29 is 9.53 Å². The largest absolute Gasteiger partial charge is 0.381 e. The lowest BCUT2D eigenvalue weighted by Crippen LogP contribution is -2.31. The van der Waals surface area contributed by atoms with Gasteiger partial charge in [-0.05, 0) is 6.42 Å². The molecule has 3 rings (SSSR count). The number of hydrogen-bond acceptors (Lipinski definition) is 5. The quantitative estimate of drug-likeness (QED) is 0.887. The van der Waals surface area contributed by atoms with Crippen LogP contribution in [0.3, 0.4) is 0 Å². The first-order chi connectivity index (χ1) is 10.2. The summed E-state index contributed by atoms with van der Waals surface area (Å²) in [6.45, 7) is 1.51. The van der Waals surface area contributed by atoms with Crippen LogP contribution in [0.25, 0.3) is 11.3 Å². The first-order valence-corrected chi connectivity index (χ1v) is 6.88. The molecule has 2 aromatic heterocycles. The fourth-order valence-electron chi connectivity index (χ4n) is 2.34. The number of aryl methyl sites for hydroxylation is 1. The molecule has 1 atom stereocenters. The number of amides is 1. The van der Waals surface area contributed by atoms with Crippen LogP contribution in [-0.4, -0.2) is 38.9 Å². The lowest BCUT2D eigenvalue weighted by atomic mass is 10.1. The predicted octanol–water partition coefficient (Wildman–Crippen LogP) is 0.530. The zero-order valence-electron chi connectivity index (χ0n) is 11.8. The molecular formula is C14H17N5O2. The normalized spacial score (nSPS) is 17.9. The Hall–Kier alpha value is -2.28. The minimum Gasteiger partial charge on any atom is -0.381 e. The van der Waals surface area contributed by atoms with E-state index in [1.165, 1.54) is 0 Å². The molecule has 1 aliphatic rings. The molecule has 0 saturated carbocycles. The Kier molecular flexibility index (Phi) is 3.92. The van der Waals surface area contributed by atoms with Gasteiger partial charge in [-0.3, -0.25) is 19.4 Å². The average molecular weight is 287 g/mol. The van der Waals surface area contributed by atoms with E-state index in [0.29, 0.717) is 19.8 Å². The molecule has 110 valence electrons. The Morgan fingerprint density at radius 1 is 1.48 bits per heavy atom. The number of aromatic nitrogens is 4. The van der Waals surface area contributed by atoms with Crippen LogP contribution in [0.15, 0.2) is 24.8 Å². The van der Waals surface area contributed by atoms with Crippen molar-refractivity contribution in [2.45, 2.75) is 13.0 Å². The molecule has 0 bridgehead atoms. The number of carbonyl (C=O) groups excluding carboxylic acids is 1. The molecule has 2 aromatic rings. The molecule has 0 spiro atoms. The van der Waals surface area contributed by atoms with Crippen molar-refractivity contribution >= 4 is 5.91 Å². The molecule has 1 fully saturated rings. The Labute approximate surface area is 122 Å². The van der Waals surface area contributed by atoms with Gasteiger partial charge in [-0.25, -0.2) is 0 Å². The molecule has 0 aromatic carbocycles. The van der Waals surface area contributed by atoms with E-state index in [9.17, 15) is 4.79 Å². The van der Waals surface area contributed by atoms with Crippen molar-refractivity contribution in [1.29, 1.82) is 0 Å². The Morgan fingerprint density at radius 2 is 2.33 bits per heavy atom. The third-order valence-corrected chi connectivity index (χ3v) is 3.48. The first kappa shape index (κ1) is 13.7. The van der Waals surface area contributed by atoms with Gasteiger partial charge in [0, 0.05) is 37.8 Å². The molecule has 1 amide bonds. The maximum atomic E-state index is 12.0. The summed E-state index contributed by atoms with van der Waals surface area (Å²) in [6, 6.07) is 0. The monoisotopic (exact) mass is 287 g/mol. The van der Waals surface area contributed by atoms with Gasteiger partial charge in [-0.15, -0.1) is 0 Å². The second kappa shape index (κ2) is 6.01. The van der Waals surface area contributed by atoms with Gasteiger partial charge in [-0.1, -0.05) is 0 Å². The van der Waals surface area contributed by atoms with E-state index in [4.69, 9.17) is 4.74 Å². The molecule has 7 heteroatoms. The van der Waals surface area contributed by atoms with E-state index < -0.39 is 0 Å².